The summed E-state index contributed by atoms with van der Waals surface area (Å²) in [6.07, 6.45) is 2.44. The van der Waals surface area contributed by atoms with Crippen LogP contribution < -0.4 is 10.5 Å². The van der Waals surface area contributed by atoms with E-state index in [4.69, 9.17) is 14.9 Å². The first kappa shape index (κ1) is 12.6. The normalized spacial score (nSPS) is 12.7. The number of methoxy groups -OCH3 is 1. The maximum absolute atomic E-state index is 6.06. The van der Waals surface area contributed by atoms with Crippen LogP contribution >= 0.6 is 0 Å². The van der Waals surface area contributed by atoms with Gasteiger partial charge in [0.1, 0.15) is 11.5 Å². The lowest BCUT2D eigenvalue weighted by Crippen LogP contribution is -2.11. The van der Waals surface area contributed by atoms with Crippen LogP contribution in [0.1, 0.15) is 18.7 Å². The van der Waals surface area contributed by atoms with Gasteiger partial charge in [0.05, 0.1) is 24.4 Å². The Hall–Kier alpha value is -2.43. The Labute approximate surface area is 117 Å². The molecule has 1 unspecified atom stereocenters. The number of aromatic nitrogens is 2. The third-order valence-corrected chi connectivity index (χ3v) is 3.44. The van der Waals surface area contributed by atoms with Gasteiger partial charge in [0.2, 0.25) is 5.95 Å². The number of anilines is 1. The molecule has 0 fully saturated rings. The van der Waals surface area contributed by atoms with Gasteiger partial charge >= 0.3 is 0 Å². The maximum Gasteiger partial charge on any atom is 0.201 e. The molecular weight excluding hydrogens is 254 g/mol. The average molecular weight is 271 g/mol. The standard InChI is InChI=1S/C15H17N3O2/c1-10(8-12-4-3-7-20-12)18-14-9-11(19-2)5-6-13(14)17-15(18)16/h3-7,9-10H,8H2,1-2H3,(H2,16,17). The third kappa shape index (κ3) is 2.11. The summed E-state index contributed by atoms with van der Waals surface area (Å²) in [5.74, 6) is 2.23. The van der Waals surface area contributed by atoms with E-state index in [1.807, 2.05) is 34.9 Å². The molecule has 0 saturated heterocycles. The van der Waals surface area contributed by atoms with E-state index in [2.05, 4.69) is 11.9 Å². The van der Waals surface area contributed by atoms with Crippen molar-refractivity contribution in [3.63, 3.8) is 0 Å². The predicted molar refractivity (Wildman–Crippen MR) is 77.8 cm³/mol. The van der Waals surface area contributed by atoms with Gasteiger partial charge in [-0.3, -0.25) is 0 Å². The lowest BCUT2D eigenvalue weighted by molar-refractivity contribution is 0.415. The van der Waals surface area contributed by atoms with Crippen molar-refractivity contribution >= 4 is 17.0 Å². The van der Waals surface area contributed by atoms with E-state index in [1.54, 1.807) is 13.4 Å². The first-order valence-corrected chi connectivity index (χ1v) is 6.53. The largest absolute Gasteiger partial charge is 0.497 e. The van der Waals surface area contributed by atoms with Crippen LogP contribution in [-0.4, -0.2) is 16.7 Å². The molecule has 3 aromatic rings. The number of imidazole rings is 1. The van der Waals surface area contributed by atoms with E-state index in [0.29, 0.717) is 5.95 Å². The fraction of sp³-hybridized carbons (Fsp3) is 0.267. The lowest BCUT2D eigenvalue weighted by Gasteiger charge is -2.15. The third-order valence-electron chi connectivity index (χ3n) is 3.44. The highest BCUT2D eigenvalue weighted by Gasteiger charge is 2.16. The molecule has 2 N–H and O–H groups in total. The summed E-state index contributed by atoms with van der Waals surface area (Å²) < 4.78 is 12.7. The number of benzene rings is 1. The second-order valence-corrected chi connectivity index (χ2v) is 4.83. The van der Waals surface area contributed by atoms with Crippen molar-refractivity contribution in [2.75, 3.05) is 12.8 Å². The molecule has 0 bridgehead atoms. The molecule has 0 saturated carbocycles. The number of fused-ring (bicyclic) bond motifs is 1. The zero-order valence-corrected chi connectivity index (χ0v) is 11.5. The Balaban J connectivity index is 2.02. The quantitative estimate of drug-likeness (QED) is 0.792. The van der Waals surface area contributed by atoms with Crippen molar-refractivity contribution in [1.29, 1.82) is 0 Å². The highest BCUT2D eigenvalue weighted by Crippen LogP contribution is 2.28. The van der Waals surface area contributed by atoms with Crippen molar-refractivity contribution < 1.29 is 9.15 Å². The maximum atomic E-state index is 6.06. The second-order valence-electron chi connectivity index (χ2n) is 4.83. The summed E-state index contributed by atoms with van der Waals surface area (Å²) >= 11 is 0. The summed E-state index contributed by atoms with van der Waals surface area (Å²) in [5.41, 5.74) is 7.90. The van der Waals surface area contributed by atoms with Crippen molar-refractivity contribution in [3.8, 4) is 5.75 Å². The van der Waals surface area contributed by atoms with Gasteiger partial charge in [-0.2, -0.15) is 0 Å². The van der Waals surface area contributed by atoms with Gasteiger partial charge in [-0.25, -0.2) is 4.98 Å². The SMILES string of the molecule is COc1ccc2nc(N)n(C(C)Cc3ccco3)c2c1. The van der Waals surface area contributed by atoms with E-state index in [1.165, 1.54) is 0 Å². The van der Waals surface area contributed by atoms with Crippen LogP contribution in [0.4, 0.5) is 5.95 Å². The number of ether oxygens (including phenoxy) is 1. The lowest BCUT2D eigenvalue weighted by atomic mass is 10.2. The predicted octanol–water partition coefficient (Wildman–Crippen LogP) is 3.02. The van der Waals surface area contributed by atoms with Crippen molar-refractivity contribution in [3.05, 3.63) is 42.4 Å². The van der Waals surface area contributed by atoms with Gasteiger partial charge in [0.25, 0.3) is 0 Å². The fourth-order valence-corrected chi connectivity index (χ4v) is 2.49. The van der Waals surface area contributed by atoms with Gasteiger partial charge in [0, 0.05) is 18.5 Å². The van der Waals surface area contributed by atoms with Crippen LogP contribution in [0.25, 0.3) is 11.0 Å². The van der Waals surface area contributed by atoms with Gasteiger partial charge in [-0.1, -0.05) is 0 Å². The molecule has 0 aliphatic heterocycles. The molecule has 0 spiro atoms. The molecule has 0 aliphatic rings. The summed E-state index contributed by atoms with van der Waals surface area (Å²) in [7, 11) is 1.65. The van der Waals surface area contributed by atoms with Gasteiger partial charge in [0.15, 0.2) is 0 Å². The molecule has 0 amide bonds. The number of nitrogens with two attached hydrogens (primary N) is 1. The molecule has 2 heterocycles. The highest BCUT2D eigenvalue weighted by molar-refractivity contribution is 5.80. The number of furan rings is 1. The Bertz CT molecular complexity index is 716. The van der Waals surface area contributed by atoms with E-state index in [0.717, 1.165) is 29.0 Å². The van der Waals surface area contributed by atoms with E-state index in [9.17, 15) is 0 Å². The smallest absolute Gasteiger partial charge is 0.201 e. The van der Waals surface area contributed by atoms with E-state index >= 15 is 0 Å². The minimum Gasteiger partial charge on any atom is -0.497 e. The van der Waals surface area contributed by atoms with Crippen LogP contribution in [0.2, 0.25) is 0 Å². The molecule has 0 aliphatic carbocycles. The molecule has 0 radical (unpaired) electrons. The zero-order chi connectivity index (χ0) is 14.1. The molecule has 5 heteroatoms. The van der Waals surface area contributed by atoms with Crippen molar-refractivity contribution in [1.82, 2.24) is 9.55 Å². The van der Waals surface area contributed by atoms with Crippen LogP contribution in [0.15, 0.2) is 41.0 Å². The molecule has 3 rings (SSSR count). The summed E-state index contributed by atoms with van der Waals surface area (Å²) in [5, 5.41) is 0. The number of hydrogen-bond acceptors (Lipinski definition) is 4. The monoisotopic (exact) mass is 271 g/mol. The van der Waals surface area contributed by atoms with Crippen molar-refractivity contribution in [2.24, 2.45) is 0 Å². The Kier molecular flexibility index (Phi) is 3.10. The number of nitrogen functional groups attached to an aromatic ring is 1. The van der Waals surface area contributed by atoms with Gasteiger partial charge < -0.3 is 19.5 Å². The topological polar surface area (TPSA) is 66.2 Å². The minimum atomic E-state index is 0.151. The van der Waals surface area contributed by atoms with Gasteiger partial charge in [-0.05, 0) is 31.2 Å². The number of hydrogen-bond donors (Lipinski definition) is 1. The molecule has 104 valence electrons. The average Bonchev–Trinajstić information content (AvgIpc) is 3.04. The van der Waals surface area contributed by atoms with Crippen LogP contribution in [0.5, 0.6) is 5.75 Å². The molecule has 5 nitrogen and oxygen atoms in total. The summed E-state index contributed by atoms with van der Waals surface area (Å²) in [4.78, 5) is 4.39. The molecule has 1 atom stereocenters. The van der Waals surface area contributed by atoms with E-state index < -0.39 is 0 Å². The van der Waals surface area contributed by atoms with Crippen LogP contribution in [-0.2, 0) is 6.42 Å². The minimum absolute atomic E-state index is 0.151. The Morgan fingerprint density at radius 2 is 2.25 bits per heavy atom. The van der Waals surface area contributed by atoms with Crippen molar-refractivity contribution in [2.45, 2.75) is 19.4 Å². The summed E-state index contributed by atoms with van der Waals surface area (Å²) in [6, 6.07) is 9.76. The second kappa shape index (κ2) is 4.92. The first-order chi connectivity index (χ1) is 9.69. The first-order valence-electron chi connectivity index (χ1n) is 6.53. The zero-order valence-electron chi connectivity index (χ0n) is 11.5. The van der Waals surface area contributed by atoms with Crippen LogP contribution in [0, 0.1) is 0 Å². The fourth-order valence-electron chi connectivity index (χ4n) is 2.49. The molecule has 1 aromatic carbocycles. The highest BCUT2D eigenvalue weighted by atomic mass is 16.5. The molecular formula is C15H17N3O2. The Morgan fingerprint density at radius 1 is 1.40 bits per heavy atom. The number of nitrogens with zero attached hydrogens (tertiary/aromatic N) is 2. The van der Waals surface area contributed by atoms with Gasteiger partial charge in [-0.15, -0.1) is 0 Å². The van der Waals surface area contributed by atoms with Crippen LogP contribution in [0.3, 0.4) is 0 Å². The van der Waals surface area contributed by atoms with E-state index in [-0.39, 0.29) is 6.04 Å². The summed E-state index contributed by atoms with van der Waals surface area (Å²) in [6.45, 7) is 2.10. The molecule has 20 heavy (non-hydrogen) atoms. The Morgan fingerprint density at radius 3 is 2.95 bits per heavy atom. The molecule has 2 aromatic heterocycles. The number of rotatable bonds is 4.